The molecule has 0 saturated carbocycles. The highest BCUT2D eigenvalue weighted by molar-refractivity contribution is 9.10. The van der Waals surface area contributed by atoms with Gasteiger partial charge in [-0.2, -0.15) is 0 Å². The fraction of sp³-hybridized carbons (Fsp3) is 0.278. The lowest BCUT2D eigenvalue weighted by atomic mass is 10.0. The van der Waals surface area contributed by atoms with E-state index in [4.69, 9.17) is 4.74 Å². The SMILES string of the molecule is COC(=O)CC(NC(=O)c1ccc(CNC(C)=O)s1)c1cccc(Br)c1. The van der Waals surface area contributed by atoms with Gasteiger partial charge in [-0.15, -0.1) is 11.3 Å². The molecule has 1 atom stereocenters. The molecule has 2 amide bonds. The van der Waals surface area contributed by atoms with Crippen molar-refractivity contribution in [2.24, 2.45) is 0 Å². The molecule has 2 aromatic rings. The Morgan fingerprint density at radius 1 is 1.23 bits per heavy atom. The number of nitrogens with one attached hydrogen (secondary N) is 2. The third kappa shape index (κ3) is 5.96. The lowest BCUT2D eigenvalue weighted by Gasteiger charge is -2.18. The van der Waals surface area contributed by atoms with Gasteiger partial charge in [0.05, 0.1) is 31.0 Å². The maximum absolute atomic E-state index is 12.6. The van der Waals surface area contributed by atoms with E-state index in [-0.39, 0.29) is 18.2 Å². The van der Waals surface area contributed by atoms with Crippen molar-refractivity contribution < 1.29 is 19.1 Å². The van der Waals surface area contributed by atoms with E-state index in [0.717, 1.165) is 14.9 Å². The number of amides is 2. The van der Waals surface area contributed by atoms with Crippen LogP contribution >= 0.6 is 27.3 Å². The number of carbonyl (C=O) groups is 3. The first-order valence-corrected chi connectivity index (χ1v) is 9.46. The quantitative estimate of drug-likeness (QED) is 0.650. The predicted octanol–water partition coefficient (Wildman–Crippen LogP) is 3.18. The Balaban J connectivity index is 2.13. The van der Waals surface area contributed by atoms with Gasteiger partial charge in [-0.05, 0) is 29.8 Å². The van der Waals surface area contributed by atoms with E-state index in [1.54, 1.807) is 12.1 Å². The third-order valence-corrected chi connectivity index (χ3v) is 5.13. The zero-order valence-electron chi connectivity index (χ0n) is 14.4. The number of esters is 1. The summed E-state index contributed by atoms with van der Waals surface area (Å²) in [5, 5.41) is 5.58. The highest BCUT2D eigenvalue weighted by atomic mass is 79.9. The zero-order valence-corrected chi connectivity index (χ0v) is 16.8. The second-order valence-corrected chi connectivity index (χ2v) is 7.62. The average molecular weight is 439 g/mol. The van der Waals surface area contributed by atoms with Crippen LogP contribution in [0.3, 0.4) is 0 Å². The Kier molecular flexibility index (Phi) is 7.35. The van der Waals surface area contributed by atoms with Crippen molar-refractivity contribution in [3.8, 4) is 0 Å². The van der Waals surface area contributed by atoms with Gasteiger partial charge >= 0.3 is 5.97 Å². The largest absolute Gasteiger partial charge is 0.469 e. The summed E-state index contributed by atoms with van der Waals surface area (Å²) in [6.07, 6.45) is 0.0306. The first kappa shape index (κ1) is 20.1. The molecule has 138 valence electrons. The Morgan fingerprint density at radius 3 is 2.65 bits per heavy atom. The fourth-order valence-electron chi connectivity index (χ4n) is 2.26. The van der Waals surface area contributed by atoms with Crippen LogP contribution in [0.15, 0.2) is 40.9 Å². The van der Waals surface area contributed by atoms with Crippen molar-refractivity contribution in [2.75, 3.05) is 7.11 Å². The number of hydrogen-bond acceptors (Lipinski definition) is 5. The molecule has 8 heteroatoms. The van der Waals surface area contributed by atoms with Gasteiger partial charge in [-0.1, -0.05) is 28.1 Å². The monoisotopic (exact) mass is 438 g/mol. The first-order chi connectivity index (χ1) is 12.4. The summed E-state index contributed by atoms with van der Waals surface area (Å²) in [6, 6.07) is 10.4. The molecule has 1 heterocycles. The zero-order chi connectivity index (χ0) is 19.1. The van der Waals surface area contributed by atoms with Crippen molar-refractivity contribution in [3.63, 3.8) is 0 Å². The minimum absolute atomic E-state index is 0.0306. The molecule has 1 aromatic carbocycles. The van der Waals surface area contributed by atoms with Gasteiger partial charge < -0.3 is 15.4 Å². The molecule has 6 nitrogen and oxygen atoms in total. The molecular formula is C18H19BrN2O4S. The first-order valence-electron chi connectivity index (χ1n) is 7.85. The number of rotatable bonds is 7. The summed E-state index contributed by atoms with van der Waals surface area (Å²) >= 11 is 4.69. The molecular weight excluding hydrogens is 420 g/mol. The molecule has 0 fully saturated rings. The van der Waals surface area contributed by atoms with Gasteiger partial charge in [0.1, 0.15) is 0 Å². The van der Waals surface area contributed by atoms with Crippen molar-refractivity contribution in [1.29, 1.82) is 0 Å². The predicted molar refractivity (Wildman–Crippen MR) is 103 cm³/mol. The Bertz CT molecular complexity index is 806. The summed E-state index contributed by atoms with van der Waals surface area (Å²) in [6.45, 7) is 1.82. The lowest BCUT2D eigenvalue weighted by molar-refractivity contribution is -0.141. The number of benzene rings is 1. The number of methoxy groups -OCH3 is 1. The second kappa shape index (κ2) is 9.49. The van der Waals surface area contributed by atoms with Crippen molar-refractivity contribution in [3.05, 3.63) is 56.2 Å². The lowest BCUT2D eigenvalue weighted by Crippen LogP contribution is -2.30. The Morgan fingerprint density at radius 2 is 2.00 bits per heavy atom. The van der Waals surface area contributed by atoms with Crippen LogP contribution in [0, 0.1) is 0 Å². The van der Waals surface area contributed by atoms with E-state index in [0.29, 0.717) is 11.4 Å². The molecule has 0 spiro atoms. The van der Waals surface area contributed by atoms with Crippen molar-refractivity contribution in [2.45, 2.75) is 25.9 Å². The van der Waals surface area contributed by atoms with Crippen LogP contribution in [0.25, 0.3) is 0 Å². The van der Waals surface area contributed by atoms with E-state index < -0.39 is 12.0 Å². The molecule has 0 aliphatic heterocycles. The van der Waals surface area contributed by atoms with Crippen molar-refractivity contribution >= 4 is 45.1 Å². The molecule has 0 aliphatic carbocycles. The standard InChI is InChI=1S/C18H19BrN2O4S/c1-11(22)20-10-14-6-7-16(26-14)18(24)21-15(9-17(23)25-2)12-4-3-5-13(19)8-12/h3-8,15H,9-10H2,1-2H3,(H,20,22)(H,21,24). The van der Waals surface area contributed by atoms with Crippen LogP contribution in [0.5, 0.6) is 0 Å². The summed E-state index contributed by atoms with van der Waals surface area (Å²) in [7, 11) is 1.32. The number of halogens is 1. The minimum atomic E-state index is -0.506. The van der Waals surface area contributed by atoms with Gasteiger partial charge in [0.15, 0.2) is 0 Å². The van der Waals surface area contributed by atoms with Crippen LogP contribution in [-0.4, -0.2) is 24.9 Å². The van der Waals surface area contributed by atoms with E-state index >= 15 is 0 Å². The van der Waals surface area contributed by atoms with Crippen LogP contribution in [0.1, 0.15) is 39.5 Å². The Labute approximate surface area is 164 Å². The second-order valence-electron chi connectivity index (χ2n) is 5.54. The van der Waals surface area contributed by atoms with E-state index in [1.807, 2.05) is 24.3 Å². The topological polar surface area (TPSA) is 84.5 Å². The van der Waals surface area contributed by atoms with Gasteiger partial charge in [0.25, 0.3) is 5.91 Å². The smallest absolute Gasteiger partial charge is 0.307 e. The van der Waals surface area contributed by atoms with E-state index in [1.165, 1.54) is 25.4 Å². The van der Waals surface area contributed by atoms with Crippen molar-refractivity contribution in [1.82, 2.24) is 10.6 Å². The maximum Gasteiger partial charge on any atom is 0.307 e. The molecule has 26 heavy (non-hydrogen) atoms. The maximum atomic E-state index is 12.6. The molecule has 0 bridgehead atoms. The number of ether oxygens (including phenoxy) is 1. The average Bonchev–Trinajstić information content (AvgIpc) is 3.08. The summed E-state index contributed by atoms with van der Waals surface area (Å²) < 4.78 is 5.59. The van der Waals surface area contributed by atoms with Gasteiger partial charge in [-0.25, -0.2) is 0 Å². The summed E-state index contributed by atoms with van der Waals surface area (Å²) in [5.74, 6) is -0.817. The van der Waals surface area contributed by atoms with Gasteiger partial charge in [0, 0.05) is 16.3 Å². The Hall–Kier alpha value is -2.19. The highest BCUT2D eigenvalue weighted by Crippen LogP contribution is 2.23. The molecule has 2 rings (SSSR count). The summed E-state index contributed by atoms with van der Waals surface area (Å²) in [4.78, 5) is 36.7. The number of hydrogen-bond donors (Lipinski definition) is 2. The van der Waals surface area contributed by atoms with E-state index in [2.05, 4.69) is 26.6 Å². The molecule has 0 saturated heterocycles. The highest BCUT2D eigenvalue weighted by Gasteiger charge is 2.21. The van der Waals surface area contributed by atoms with Crippen LogP contribution in [0.4, 0.5) is 0 Å². The molecule has 0 radical (unpaired) electrons. The minimum Gasteiger partial charge on any atom is -0.469 e. The van der Waals surface area contributed by atoms with Crippen LogP contribution in [-0.2, 0) is 20.9 Å². The van der Waals surface area contributed by atoms with Crippen LogP contribution < -0.4 is 10.6 Å². The number of carbonyl (C=O) groups excluding carboxylic acids is 3. The van der Waals surface area contributed by atoms with Gasteiger partial charge in [0.2, 0.25) is 5.91 Å². The number of thiophene rings is 1. The molecule has 0 aliphatic rings. The molecule has 2 N–H and O–H groups in total. The van der Waals surface area contributed by atoms with E-state index in [9.17, 15) is 14.4 Å². The third-order valence-electron chi connectivity index (χ3n) is 3.55. The normalized spacial score (nSPS) is 11.5. The van der Waals surface area contributed by atoms with Gasteiger partial charge in [-0.3, -0.25) is 14.4 Å². The fourth-order valence-corrected chi connectivity index (χ4v) is 3.53. The van der Waals surface area contributed by atoms with Crippen LogP contribution in [0.2, 0.25) is 0 Å². The molecule has 1 aromatic heterocycles. The summed E-state index contributed by atoms with van der Waals surface area (Å²) in [5.41, 5.74) is 0.799. The molecule has 1 unspecified atom stereocenters.